The summed E-state index contributed by atoms with van der Waals surface area (Å²) in [4.78, 5) is 33.5. The van der Waals surface area contributed by atoms with E-state index in [9.17, 15) is 14.4 Å². The van der Waals surface area contributed by atoms with Crippen LogP contribution in [0.2, 0.25) is 0 Å². The number of benzene rings is 1. The van der Waals surface area contributed by atoms with Gasteiger partial charge in [0, 0.05) is 16.5 Å². The van der Waals surface area contributed by atoms with Crippen molar-refractivity contribution in [2.45, 2.75) is 25.8 Å². The van der Waals surface area contributed by atoms with Gasteiger partial charge in [0.2, 0.25) is 0 Å². The lowest BCUT2D eigenvalue weighted by molar-refractivity contribution is -0.140. The minimum atomic E-state index is -1.26. The van der Waals surface area contributed by atoms with Gasteiger partial charge in [-0.2, -0.15) is 0 Å². The molecule has 0 aliphatic rings. The first kappa shape index (κ1) is 16.2. The minimum Gasteiger partial charge on any atom is -0.481 e. The minimum absolute atomic E-state index is 0.161. The van der Waals surface area contributed by atoms with Crippen LogP contribution in [0.4, 0.5) is 0 Å². The van der Waals surface area contributed by atoms with Crippen molar-refractivity contribution in [2.75, 3.05) is 0 Å². The second-order valence-electron chi connectivity index (χ2n) is 4.26. The SMILES string of the molecule is Cc1cc(Br)ccc1C(=O)NC(CCC(=O)O)C(=O)O. The van der Waals surface area contributed by atoms with Crippen LogP contribution in [0, 0.1) is 6.92 Å². The Morgan fingerprint density at radius 1 is 1.30 bits per heavy atom. The van der Waals surface area contributed by atoms with Crippen LogP contribution in [-0.4, -0.2) is 34.1 Å². The molecule has 0 aliphatic carbocycles. The molecule has 0 spiro atoms. The standard InChI is InChI=1S/C13H14BrNO5/c1-7-6-8(14)2-3-9(7)12(18)15-10(13(19)20)4-5-11(16)17/h2-3,6,10H,4-5H2,1H3,(H,15,18)(H,16,17)(H,19,20). The summed E-state index contributed by atoms with van der Waals surface area (Å²) in [7, 11) is 0. The summed E-state index contributed by atoms with van der Waals surface area (Å²) in [6.07, 6.45) is -0.484. The fourth-order valence-electron chi connectivity index (χ4n) is 1.64. The lowest BCUT2D eigenvalue weighted by atomic mass is 10.1. The molecule has 7 heteroatoms. The van der Waals surface area contributed by atoms with E-state index in [1.165, 1.54) is 0 Å². The first-order valence-electron chi connectivity index (χ1n) is 5.83. The van der Waals surface area contributed by atoms with Gasteiger partial charge >= 0.3 is 11.9 Å². The topological polar surface area (TPSA) is 104 Å². The molecular formula is C13H14BrNO5. The van der Waals surface area contributed by atoms with E-state index < -0.39 is 23.9 Å². The Bertz CT molecular complexity index is 544. The monoisotopic (exact) mass is 343 g/mol. The van der Waals surface area contributed by atoms with Gasteiger partial charge in [-0.15, -0.1) is 0 Å². The summed E-state index contributed by atoms with van der Waals surface area (Å²) in [6, 6.07) is 3.77. The molecule has 0 heterocycles. The third-order valence-corrected chi connectivity index (χ3v) is 3.18. The van der Waals surface area contributed by atoms with E-state index in [1.807, 2.05) is 0 Å². The van der Waals surface area contributed by atoms with Gasteiger partial charge in [-0.05, 0) is 37.1 Å². The third-order valence-electron chi connectivity index (χ3n) is 2.68. The van der Waals surface area contributed by atoms with Crippen LogP contribution in [0.3, 0.4) is 0 Å². The Kier molecular flexibility index (Phi) is 5.69. The second-order valence-corrected chi connectivity index (χ2v) is 5.17. The number of carbonyl (C=O) groups excluding carboxylic acids is 1. The van der Waals surface area contributed by atoms with Crippen LogP contribution in [0.25, 0.3) is 0 Å². The number of aliphatic carboxylic acids is 2. The number of nitrogens with one attached hydrogen (secondary N) is 1. The van der Waals surface area contributed by atoms with E-state index in [-0.39, 0.29) is 12.8 Å². The molecule has 0 aromatic heterocycles. The van der Waals surface area contributed by atoms with Gasteiger partial charge in [-0.3, -0.25) is 9.59 Å². The van der Waals surface area contributed by atoms with E-state index >= 15 is 0 Å². The highest BCUT2D eigenvalue weighted by molar-refractivity contribution is 9.10. The van der Waals surface area contributed by atoms with Crippen molar-refractivity contribution in [3.63, 3.8) is 0 Å². The van der Waals surface area contributed by atoms with Crippen molar-refractivity contribution in [3.05, 3.63) is 33.8 Å². The molecule has 1 aromatic rings. The summed E-state index contributed by atoms with van der Waals surface area (Å²) in [6.45, 7) is 1.73. The number of amides is 1. The normalized spacial score (nSPS) is 11.7. The van der Waals surface area contributed by atoms with Crippen LogP contribution in [0.5, 0.6) is 0 Å². The number of carboxylic acid groups (broad SMARTS) is 2. The molecule has 0 aliphatic heterocycles. The average Bonchev–Trinajstić information content (AvgIpc) is 2.33. The van der Waals surface area contributed by atoms with E-state index in [4.69, 9.17) is 10.2 Å². The van der Waals surface area contributed by atoms with Crippen LogP contribution in [0.15, 0.2) is 22.7 Å². The van der Waals surface area contributed by atoms with Gasteiger partial charge in [0.05, 0.1) is 0 Å². The first-order chi connectivity index (χ1) is 9.31. The maximum absolute atomic E-state index is 12.0. The van der Waals surface area contributed by atoms with Gasteiger partial charge in [0.1, 0.15) is 6.04 Å². The van der Waals surface area contributed by atoms with Crippen LogP contribution in [-0.2, 0) is 9.59 Å². The molecule has 3 N–H and O–H groups in total. The molecule has 108 valence electrons. The molecule has 0 radical (unpaired) electrons. The van der Waals surface area contributed by atoms with Crippen molar-refractivity contribution >= 4 is 33.8 Å². The van der Waals surface area contributed by atoms with Crippen LogP contribution in [0.1, 0.15) is 28.8 Å². The molecule has 0 saturated carbocycles. The van der Waals surface area contributed by atoms with Crippen molar-refractivity contribution in [1.29, 1.82) is 0 Å². The number of hydrogen-bond donors (Lipinski definition) is 3. The van der Waals surface area contributed by atoms with Gasteiger partial charge in [-0.25, -0.2) is 4.79 Å². The van der Waals surface area contributed by atoms with Crippen LogP contribution < -0.4 is 5.32 Å². The molecule has 1 atom stereocenters. The maximum Gasteiger partial charge on any atom is 0.326 e. The van der Waals surface area contributed by atoms with E-state index in [1.54, 1.807) is 25.1 Å². The summed E-state index contributed by atoms with van der Waals surface area (Å²) in [5.41, 5.74) is 1.05. The lowest BCUT2D eigenvalue weighted by Crippen LogP contribution is -2.41. The molecule has 1 unspecified atom stereocenters. The quantitative estimate of drug-likeness (QED) is 0.730. The Labute approximate surface area is 123 Å². The Morgan fingerprint density at radius 2 is 1.95 bits per heavy atom. The zero-order valence-electron chi connectivity index (χ0n) is 10.7. The van der Waals surface area contributed by atoms with Crippen molar-refractivity contribution < 1.29 is 24.6 Å². The maximum atomic E-state index is 12.0. The number of hydrogen-bond acceptors (Lipinski definition) is 3. The number of aryl methyl sites for hydroxylation is 1. The smallest absolute Gasteiger partial charge is 0.326 e. The van der Waals surface area contributed by atoms with E-state index in [0.29, 0.717) is 11.1 Å². The average molecular weight is 344 g/mol. The van der Waals surface area contributed by atoms with Gasteiger partial charge in [-0.1, -0.05) is 15.9 Å². The number of rotatable bonds is 6. The van der Waals surface area contributed by atoms with E-state index in [0.717, 1.165) is 4.47 Å². The highest BCUT2D eigenvalue weighted by Gasteiger charge is 2.22. The van der Waals surface area contributed by atoms with Crippen molar-refractivity contribution in [1.82, 2.24) is 5.32 Å². The molecule has 6 nitrogen and oxygen atoms in total. The van der Waals surface area contributed by atoms with Gasteiger partial charge in [0.25, 0.3) is 5.91 Å². The number of carboxylic acids is 2. The summed E-state index contributed by atoms with van der Waals surface area (Å²) in [5.74, 6) is -2.90. The highest BCUT2D eigenvalue weighted by Crippen LogP contribution is 2.16. The van der Waals surface area contributed by atoms with Gasteiger partial charge < -0.3 is 15.5 Å². The number of carbonyl (C=O) groups is 3. The van der Waals surface area contributed by atoms with Crippen molar-refractivity contribution in [2.24, 2.45) is 0 Å². The van der Waals surface area contributed by atoms with Crippen molar-refractivity contribution in [3.8, 4) is 0 Å². The summed E-state index contributed by atoms with van der Waals surface area (Å²) < 4.78 is 0.812. The lowest BCUT2D eigenvalue weighted by Gasteiger charge is -2.14. The summed E-state index contributed by atoms with van der Waals surface area (Å²) >= 11 is 3.27. The highest BCUT2D eigenvalue weighted by atomic mass is 79.9. The molecular weight excluding hydrogens is 330 g/mol. The fraction of sp³-hybridized carbons (Fsp3) is 0.308. The Hall–Kier alpha value is -1.89. The largest absolute Gasteiger partial charge is 0.481 e. The Morgan fingerprint density at radius 3 is 2.45 bits per heavy atom. The molecule has 0 bridgehead atoms. The fourth-order valence-corrected chi connectivity index (χ4v) is 2.12. The summed E-state index contributed by atoms with van der Waals surface area (Å²) in [5, 5.41) is 19.9. The van der Waals surface area contributed by atoms with Gasteiger partial charge in [0.15, 0.2) is 0 Å². The zero-order valence-corrected chi connectivity index (χ0v) is 12.3. The predicted octanol–water partition coefficient (Wildman–Crippen LogP) is 1.81. The molecule has 1 rings (SSSR count). The first-order valence-corrected chi connectivity index (χ1v) is 6.62. The van der Waals surface area contributed by atoms with E-state index in [2.05, 4.69) is 21.2 Å². The zero-order chi connectivity index (χ0) is 15.3. The predicted molar refractivity (Wildman–Crippen MR) is 74.6 cm³/mol. The number of halogens is 1. The molecule has 0 saturated heterocycles. The molecule has 1 aromatic carbocycles. The van der Waals surface area contributed by atoms with Crippen LogP contribution >= 0.6 is 15.9 Å². The molecule has 20 heavy (non-hydrogen) atoms. The second kappa shape index (κ2) is 7.04. The Balaban J connectivity index is 2.80. The third kappa shape index (κ3) is 4.65. The molecule has 1 amide bonds. The molecule has 0 fully saturated rings.